The lowest BCUT2D eigenvalue weighted by Gasteiger charge is -2.18. The summed E-state index contributed by atoms with van der Waals surface area (Å²) < 4.78 is 16.7. The van der Waals surface area contributed by atoms with Crippen molar-refractivity contribution >= 4 is 17.9 Å². The van der Waals surface area contributed by atoms with E-state index >= 15 is 0 Å². The molecule has 6 nitrogen and oxygen atoms in total. The predicted molar refractivity (Wildman–Crippen MR) is 215 cm³/mol. The van der Waals surface area contributed by atoms with Crippen LogP contribution in [0, 0.1) is 17.8 Å². The van der Waals surface area contributed by atoms with E-state index in [4.69, 9.17) is 14.2 Å². The van der Waals surface area contributed by atoms with Gasteiger partial charge in [-0.15, -0.1) is 0 Å². The third-order valence-corrected chi connectivity index (χ3v) is 9.90. The average Bonchev–Trinajstić information content (AvgIpc) is 3.08. The lowest BCUT2D eigenvalue weighted by Crippen LogP contribution is -2.30. The van der Waals surface area contributed by atoms with Gasteiger partial charge in [0.05, 0.1) is 0 Å². The molecule has 0 aliphatic carbocycles. The summed E-state index contributed by atoms with van der Waals surface area (Å²) in [4.78, 5) is 37.6. The number of esters is 3. The van der Waals surface area contributed by atoms with Crippen LogP contribution in [0.4, 0.5) is 0 Å². The Labute approximate surface area is 317 Å². The molecule has 0 N–H and O–H groups in total. The van der Waals surface area contributed by atoms with Crippen molar-refractivity contribution in [1.29, 1.82) is 0 Å². The number of hydrogen-bond acceptors (Lipinski definition) is 6. The van der Waals surface area contributed by atoms with Gasteiger partial charge in [-0.2, -0.15) is 0 Å². The monoisotopic (exact) mass is 723 g/mol. The molecule has 0 spiro atoms. The molecule has 0 rings (SSSR count). The number of carbonyl (C=O) groups excluding carboxylic acids is 3. The van der Waals surface area contributed by atoms with Crippen LogP contribution < -0.4 is 0 Å². The first-order valence-electron chi connectivity index (χ1n) is 22.1. The second-order valence-corrected chi connectivity index (χ2v) is 16.8. The molecule has 0 aromatic rings. The van der Waals surface area contributed by atoms with E-state index in [9.17, 15) is 14.4 Å². The molecule has 0 saturated heterocycles. The molecular formula is C45H86O6. The van der Waals surface area contributed by atoms with Crippen LogP contribution in [-0.4, -0.2) is 37.2 Å². The molecule has 0 amide bonds. The largest absolute Gasteiger partial charge is 0.462 e. The van der Waals surface area contributed by atoms with Gasteiger partial charge in [0, 0.05) is 19.3 Å². The van der Waals surface area contributed by atoms with Crippen molar-refractivity contribution in [3.63, 3.8) is 0 Å². The molecule has 0 fully saturated rings. The highest BCUT2D eigenvalue weighted by Crippen LogP contribution is 2.16. The fourth-order valence-corrected chi connectivity index (χ4v) is 6.52. The molecule has 0 unspecified atom stereocenters. The Morgan fingerprint density at radius 1 is 0.333 bits per heavy atom. The Kier molecular flexibility index (Phi) is 35.6. The lowest BCUT2D eigenvalue weighted by atomic mass is 10.0. The molecule has 0 aliphatic rings. The van der Waals surface area contributed by atoms with E-state index in [1.54, 1.807) is 0 Å². The van der Waals surface area contributed by atoms with Gasteiger partial charge in [0.15, 0.2) is 6.10 Å². The van der Waals surface area contributed by atoms with Gasteiger partial charge in [0.25, 0.3) is 0 Å². The summed E-state index contributed by atoms with van der Waals surface area (Å²) in [6, 6.07) is 0. The summed E-state index contributed by atoms with van der Waals surface area (Å²) in [5.41, 5.74) is 0. The fraction of sp³-hybridized carbons (Fsp3) is 0.933. The third kappa shape index (κ3) is 39.5. The van der Waals surface area contributed by atoms with Crippen LogP contribution in [0.1, 0.15) is 234 Å². The van der Waals surface area contributed by atoms with Gasteiger partial charge in [0.2, 0.25) is 0 Å². The van der Waals surface area contributed by atoms with E-state index < -0.39 is 6.10 Å². The molecular weight excluding hydrogens is 636 g/mol. The number of hydrogen-bond donors (Lipinski definition) is 0. The van der Waals surface area contributed by atoms with Crippen LogP contribution in [0.15, 0.2) is 0 Å². The normalized spacial score (nSPS) is 12.2. The zero-order valence-electron chi connectivity index (χ0n) is 34.9. The highest BCUT2D eigenvalue weighted by Gasteiger charge is 2.19. The highest BCUT2D eigenvalue weighted by atomic mass is 16.6. The summed E-state index contributed by atoms with van der Waals surface area (Å²) >= 11 is 0. The molecule has 0 aromatic heterocycles. The Balaban J connectivity index is 4.28. The Morgan fingerprint density at radius 3 is 0.843 bits per heavy atom. The maximum absolute atomic E-state index is 12.6. The first kappa shape index (κ1) is 49.4. The van der Waals surface area contributed by atoms with Crippen LogP contribution in [-0.2, 0) is 28.6 Å². The minimum atomic E-state index is -0.762. The van der Waals surface area contributed by atoms with Crippen LogP contribution in [0.2, 0.25) is 0 Å². The Morgan fingerprint density at radius 2 is 0.569 bits per heavy atom. The molecule has 51 heavy (non-hydrogen) atoms. The first-order valence-corrected chi connectivity index (χ1v) is 22.1. The number of ether oxygens (including phenoxy) is 3. The van der Waals surface area contributed by atoms with Gasteiger partial charge >= 0.3 is 17.9 Å². The molecule has 0 saturated carbocycles. The van der Waals surface area contributed by atoms with Gasteiger partial charge in [-0.1, -0.05) is 196 Å². The summed E-state index contributed by atoms with van der Waals surface area (Å²) in [5.74, 6) is 1.48. The Hall–Kier alpha value is -1.59. The van der Waals surface area contributed by atoms with Gasteiger partial charge in [-0.05, 0) is 37.0 Å². The minimum absolute atomic E-state index is 0.0677. The van der Waals surface area contributed by atoms with Crippen molar-refractivity contribution in [3.8, 4) is 0 Å². The predicted octanol–water partition coefficient (Wildman–Crippen LogP) is 13.7. The van der Waals surface area contributed by atoms with E-state index in [1.807, 2.05) is 0 Å². The summed E-state index contributed by atoms with van der Waals surface area (Å²) in [6.45, 7) is 13.5. The SMILES string of the molecule is CC(C)CCCCCCCCCCCCCCC(=O)OC[C@H](COC(=O)CCCCCCCCC(C)C)OC(=O)CCCCCCCCC(C)C. The first-order chi connectivity index (χ1) is 24.6. The van der Waals surface area contributed by atoms with Gasteiger partial charge < -0.3 is 14.2 Å². The van der Waals surface area contributed by atoms with Gasteiger partial charge in [-0.3, -0.25) is 14.4 Å². The lowest BCUT2D eigenvalue weighted by molar-refractivity contribution is -0.167. The van der Waals surface area contributed by atoms with Crippen molar-refractivity contribution in [2.45, 2.75) is 240 Å². The quantitative estimate of drug-likeness (QED) is 0.0359. The molecule has 0 radical (unpaired) electrons. The van der Waals surface area contributed by atoms with Crippen LogP contribution in [0.5, 0.6) is 0 Å². The zero-order chi connectivity index (χ0) is 37.8. The molecule has 0 bridgehead atoms. The second kappa shape index (κ2) is 36.8. The van der Waals surface area contributed by atoms with E-state index in [0.717, 1.165) is 75.5 Å². The van der Waals surface area contributed by atoms with E-state index in [1.165, 1.54) is 116 Å². The van der Waals surface area contributed by atoms with E-state index in [0.29, 0.717) is 19.3 Å². The average molecular weight is 723 g/mol. The Bertz CT molecular complexity index is 792. The van der Waals surface area contributed by atoms with Crippen molar-refractivity contribution < 1.29 is 28.6 Å². The molecule has 6 heteroatoms. The van der Waals surface area contributed by atoms with Crippen LogP contribution in [0.3, 0.4) is 0 Å². The van der Waals surface area contributed by atoms with Crippen molar-refractivity contribution in [1.82, 2.24) is 0 Å². The molecule has 0 aromatic carbocycles. The third-order valence-electron chi connectivity index (χ3n) is 9.90. The van der Waals surface area contributed by atoms with Crippen molar-refractivity contribution in [2.24, 2.45) is 17.8 Å². The summed E-state index contributed by atoms with van der Waals surface area (Å²) in [7, 11) is 0. The summed E-state index contributed by atoms with van der Waals surface area (Å²) in [5, 5.41) is 0. The maximum atomic E-state index is 12.6. The van der Waals surface area contributed by atoms with E-state index in [-0.39, 0.29) is 31.1 Å². The molecule has 0 aliphatic heterocycles. The number of carbonyl (C=O) groups is 3. The summed E-state index contributed by atoms with van der Waals surface area (Å²) in [6.07, 6.45) is 32.6. The van der Waals surface area contributed by atoms with Crippen LogP contribution >= 0.6 is 0 Å². The van der Waals surface area contributed by atoms with Crippen molar-refractivity contribution in [2.75, 3.05) is 13.2 Å². The van der Waals surface area contributed by atoms with Crippen LogP contribution in [0.25, 0.3) is 0 Å². The molecule has 0 heterocycles. The van der Waals surface area contributed by atoms with Crippen molar-refractivity contribution in [3.05, 3.63) is 0 Å². The topological polar surface area (TPSA) is 78.9 Å². The number of rotatable bonds is 38. The molecule has 302 valence electrons. The fourth-order valence-electron chi connectivity index (χ4n) is 6.52. The molecule has 1 atom stereocenters. The second-order valence-electron chi connectivity index (χ2n) is 16.8. The van der Waals surface area contributed by atoms with Gasteiger partial charge in [-0.25, -0.2) is 0 Å². The number of unbranched alkanes of at least 4 members (excludes halogenated alkanes) is 21. The standard InChI is InChI=1S/C45H86O6/c1-39(2)31-25-19-13-11-9-7-8-10-12-14-22-28-34-43(46)49-37-42(51-45(48)36-30-24-18-16-21-27-33-41(5)6)38-50-44(47)35-29-23-17-15-20-26-32-40(3)4/h39-42H,7-38H2,1-6H3/t42-/m1/s1. The van der Waals surface area contributed by atoms with E-state index in [2.05, 4.69) is 41.5 Å². The van der Waals surface area contributed by atoms with Gasteiger partial charge in [0.1, 0.15) is 13.2 Å². The maximum Gasteiger partial charge on any atom is 0.306 e. The zero-order valence-corrected chi connectivity index (χ0v) is 34.9. The smallest absolute Gasteiger partial charge is 0.306 e. The minimum Gasteiger partial charge on any atom is -0.462 e. The highest BCUT2D eigenvalue weighted by molar-refractivity contribution is 5.71.